The van der Waals surface area contributed by atoms with Crippen molar-refractivity contribution >= 4 is 15.9 Å². The van der Waals surface area contributed by atoms with E-state index in [1.54, 1.807) is 0 Å². The molecule has 0 aliphatic rings. The maximum absolute atomic E-state index is 12.0. The molecule has 1 heterocycles. The van der Waals surface area contributed by atoms with Crippen LogP contribution in [0, 0.1) is 0 Å². The molecule has 10 heavy (non-hydrogen) atoms. The van der Waals surface area contributed by atoms with Gasteiger partial charge in [-0.25, -0.2) is 4.98 Å². The van der Waals surface area contributed by atoms with Gasteiger partial charge in [-0.3, -0.25) is 4.57 Å². The third-order valence-corrected chi connectivity index (χ3v) is 1.58. The Kier molecular flexibility index (Phi) is 2.37. The normalized spacial score (nSPS) is 10.8. The minimum absolute atomic E-state index is 0.343. The zero-order valence-corrected chi connectivity index (χ0v) is 6.55. The molecule has 1 aromatic heterocycles. The molecule has 2 nitrogen and oxygen atoms in total. The molecule has 0 N–H and O–H groups in total. The van der Waals surface area contributed by atoms with Gasteiger partial charge in [0.2, 0.25) is 0 Å². The molecular formula is C5H5BrF2N2. The molecule has 56 valence electrons. The Balaban J connectivity index is 2.90. The van der Waals surface area contributed by atoms with Crippen molar-refractivity contribution in [3.8, 4) is 0 Å². The highest BCUT2D eigenvalue weighted by Crippen LogP contribution is 2.13. The van der Waals surface area contributed by atoms with Crippen molar-refractivity contribution in [1.29, 1.82) is 0 Å². The minimum atomic E-state index is -2.49. The van der Waals surface area contributed by atoms with Gasteiger partial charge >= 0.3 is 6.55 Å². The Morgan fingerprint density at radius 2 is 2.40 bits per heavy atom. The van der Waals surface area contributed by atoms with Gasteiger partial charge in [0.25, 0.3) is 0 Å². The van der Waals surface area contributed by atoms with Crippen LogP contribution < -0.4 is 0 Å². The van der Waals surface area contributed by atoms with Gasteiger partial charge in [0.05, 0.1) is 5.33 Å². The summed E-state index contributed by atoms with van der Waals surface area (Å²) in [5.41, 5.74) is 0. The Morgan fingerprint density at radius 1 is 1.70 bits per heavy atom. The molecule has 1 rings (SSSR count). The number of rotatable bonds is 2. The molecule has 5 heteroatoms. The molecule has 0 aromatic carbocycles. The number of hydrogen-bond donors (Lipinski definition) is 0. The minimum Gasteiger partial charge on any atom is -0.277 e. The van der Waals surface area contributed by atoms with E-state index in [0.29, 0.717) is 11.2 Å². The van der Waals surface area contributed by atoms with E-state index in [9.17, 15) is 8.78 Å². The van der Waals surface area contributed by atoms with Crippen molar-refractivity contribution in [1.82, 2.24) is 9.55 Å². The van der Waals surface area contributed by atoms with Crippen LogP contribution in [0.1, 0.15) is 12.4 Å². The summed E-state index contributed by atoms with van der Waals surface area (Å²) in [5.74, 6) is 0.343. The number of halogens is 3. The molecule has 0 spiro atoms. The quantitative estimate of drug-likeness (QED) is 0.685. The van der Waals surface area contributed by atoms with E-state index in [0.717, 1.165) is 4.57 Å². The van der Waals surface area contributed by atoms with Crippen LogP contribution >= 0.6 is 15.9 Å². The number of hydrogen-bond acceptors (Lipinski definition) is 1. The lowest BCUT2D eigenvalue weighted by molar-refractivity contribution is 0.0678. The highest BCUT2D eigenvalue weighted by atomic mass is 79.9. The van der Waals surface area contributed by atoms with E-state index >= 15 is 0 Å². The summed E-state index contributed by atoms with van der Waals surface area (Å²) in [4.78, 5) is 3.69. The average molecular weight is 211 g/mol. The summed E-state index contributed by atoms with van der Waals surface area (Å²) < 4.78 is 24.7. The molecule has 0 radical (unpaired) electrons. The summed E-state index contributed by atoms with van der Waals surface area (Å²) >= 11 is 3.04. The molecular weight excluding hydrogens is 206 g/mol. The fourth-order valence-corrected chi connectivity index (χ4v) is 1.06. The Hall–Kier alpha value is -0.450. The summed E-state index contributed by atoms with van der Waals surface area (Å²) in [5, 5.41) is 0.352. The van der Waals surface area contributed by atoms with Gasteiger partial charge in [0.15, 0.2) is 0 Å². The first kappa shape index (κ1) is 7.65. The molecule has 0 fully saturated rings. The number of imidazole rings is 1. The van der Waals surface area contributed by atoms with E-state index in [4.69, 9.17) is 0 Å². The lowest BCUT2D eigenvalue weighted by atomic mass is 10.7. The van der Waals surface area contributed by atoms with Crippen molar-refractivity contribution in [2.75, 3.05) is 0 Å². The van der Waals surface area contributed by atoms with Crippen LogP contribution in [0.5, 0.6) is 0 Å². The molecule has 1 aromatic rings. The van der Waals surface area contributed by atoms with Gasteiger partial charge in [-0.05, 0) is 0 Å². The van der Waals surface area contributed by atoms with E-state index in [1.165, 1.54) is 12.4 Å². The largest absolute Gasteiger partial charge is 0.319 e. The first-order valence-corrected chi connectivity index (χ1v) is 3.73. The average Bonchev–Trinajstić information content (AvgIpc) is 2.33. The number of nitrogens with zero attached hydrogens (tertiary/aromatic N) is 2. The van der Waals surface area contributed by atoms with Crippen molar-refractivity contribution in [3.05, 3.63) is 18.2 Å². The van der Waals surface area contributed by atoms with Crippen LogP contribution in [0.2, 0.25) is 0 Å². The fraction of sp³-hybridized carbons (Fsp3) is 0.400. The third-order valence-electron chi connectivity index (χ3n) is 1.08. The first-order valence-electron chi connectivity index (χ1n) is 2.61. The summed E-state index contributed by atoms with van der Waals surface area (Å²) in [6.45, 7) is -2.49. The van der Waals surface area contributed by atoms with Gasteiger partial charge in [0, 0.05) is 12.4 Å². The van der Waals surface area contributed by atoms with Crippen LogP contribution in [-0.4, -0.2) is 9.55 Å². The summed E-state index contributed by atoms with van der Waals surface area (Å²) in [6.07, 6.45) is 2.60. The maximum Gasteiger partial charge on any atom is 0.319 e. The summed E-state index contributed by atoms with van der Waals surface area (Å²) in [7, 11) is 0. The number of aromatic nitrogens is 2. The highest BCUT2D eigenvalue weighted by molar-refractivity contribution is 9.08. The van der Waals surface area contributed by atoms with Gasteiger partial charge in [-0.15, -0.1) is 0 Å². The standard InChI is InChI=1S/C5H5BrF2N2/c6-3-4-9-1-2-10(4)5(7)8/h1-2,5H,3H2. The molecule has 0 aliphatic heterocycles. The van der Waals surface area contributed by atoms with Crippen molar-refractivity contribution in [2.45, 2.75) is 11.9 Å². The van der Waals surface area contributed by atoms with Crippen LogP contribution in [0.15, 0.2) is 12.4 Å². The maximum atomic E-state index is 12.0. The van der Waals surface area contributed by atoms with Crippen LogP contribution in [0.4, 0.5) is 8.78 Å². The van der Waals surface area contributed by atoms with Crippen LogP contribution in [0.25, 0.3) is 0 Å². The molecule has 0 saturated heterocycles. The zero-order chi connectivity index (χ0) is 7.56. The van der Waals surface area contributed by atoms with Gasteiger partial charge in [-0.1, -0.05) is 15.9 Å². The molecule has 0 unspecified atom stereocenters. The van der Waals surface area contributed by atoms with Crippen molar-refractivity contribution in [3.63, 3.8) is 0 Å². The van der Waals surface area contributed by atoms with E-state index < -0.39 is 6.55 Å². The van der Waals surface area contributed by atoms with E-state index in [2.05, 4.69) is 20.9 Å². The first-order chi connectivity index (χ1) is 4.75. The lowest BCUT2D eigenvalue weighted by Gasteiger charge is -2.01. The van der Waals surface area contributed by atoms with Crippen LogP contribution in [-0.2, 0) is 5.33 Å². The van der Waals surface area contributed by atoms with Gasteiger partial charge < -0.3 is 0 Å². The predicted molar refractivity (Wildman–Crippen MR) is 36.1 cm³/mol. The monoisotopic (exact) mass is 210 g/mol. The Bertz CT molecular complexity index is 211. The second kappa shape index (κ2) is 3.09. The lowest BCUT2D eigenvalue weighted by Crippen LogP contribution is -2.00. The highest BCUT2D eigenvalue weighted by Gasteiger charge is 2.08. The van der Waals surface area contributed by atoms with Crippen LogP contribution in [0.3, 0.4) is 0 Å². The second-order valence-electron chi connectivity index (χ2n) is 1.66. The Labute approximate surface area is 65.0 Å². The molecule has 0 bridgehead atoms. The fourth-order valence-electron chi connectivity index (χ4n) is 0.625. The van der Waals surface area contributed by atoms with Gasteiger partial charge in [-0.2, -0.15) is 8.78 Å². The third kappa shape index (κ3) is 1.34. The number of alkyl halides is 3. The smallest absolute Gasteiger partial charge is 0.277 e. The molecule has 0 amide bonds. The second-order valence-corrected chi connectivity index (χ2v) is 2.22. The van der Waals surface area contributed by atoms with Crippen molar-refractivity contribution < 1.29 is 8.78 Å². The van der Waals surface area contributed by atoms with Gasteiger partial charge in [0.1, 0.15) is 5.82 Å². The van der Waals surface area contributed by atoms with E-state index in [1.807, 2.05) is 0 Å². The Morgan fingerprint density at radius 3 is 2.80 bits per heavy atom. The molecule has 0 aliphatic carbocycles. The zero-order valence-electron chi connectivity index (χ0n) is 4.97. The van der Waals surface area contributed by atoms with E-state index in [-0.39, 0.29) is 0 Å². The van der Waals surface area contributed by atoms with Crippen molar-refractivity contribution in [2.24, 2.45) is 0 Å². The topological polar surface area (TPSA) is 17.8 Å². The SMILES string of the molecule is FC(F)n1ccnc1CBr. The predicted octanol–water partition coefficient (Wildman–Crippen LogP) is 2.17. The molecule has 0 saturated carbocycles. The summed E-state index contributed by atoms with van der Waals surface area (Å²) in [6, 6.07) is 0. The molecule has 0 atom stereocenters.